The first-order valence-corrected chi connectivity index (χ1v) is 3.31. The molecule has 3 nitrogen and oxygen atoms in total. The van der Waals surface area contributed by atoms with E-state index in [4.69, 9.17) is 9.47 Å². The third-order valence-electron chi connectivity index (χ3n) is 1.86. The van der Waals surface area contributed by atoms with Crippen molar-refractivity contribution < 1.29 is 14.3 Å². The Morgan fingerprint density at radius 1 is 1.60 bits per heavy atom. The molecule has 1 saturated heterocycles. The monoisotopic (exact) mass is 140 g/mol. The average Bonchev–Trinajstić information content (AvgIpc) is 2.36. The van der Waals surface area contributed by atoms with E-state index in [0.717, 1.165) is 5.57 Å². The van der Waals surface area contributed by atoms with E-state index in [1.165, 1.54) is 0 Å². The van der Waals surface area contributed by atoms with Gasteiger partial charge in [-0.1, -0.05) is 0 Å². The van der Waals surface area contributed by atoms with E-state index in [0.29, 0.717) is 19.8 Å². The molecule has 10 heavy (non-hydrogen) atoms. The van der Waals surface area contributed by atoms with E-state index < -0.39 is 0 Å². The van der Waals surface area contributed by atoms with Crippen LogP contribution >= 0.6 is 0 Å². The molecule has 0 aromatic heterocycles. The molecular weight excluding hydrogens is 132 g/mol. The van der Waals surface area contributed by atoms with Crippen molar-refractivity contribution >= 4 is 5.97 Å². The van der Waals surface area contributed by atoms with Gasteiger partial charge in [0.25, 0.3) is 0 Å². The second kappa shape index (κ2) is 2.09. The fourth-order valence-corrected chi connectivity index (χ4v) is 1.25. The molecule has 0 saturated carbocycles. The standard InChI is InChI=1S/C7H8O3/c8-7-6-4-9-3-5(6)1-2-10-7/h1,6H,2-4H2. The Morgan fingerprint density at radius 3 is 3.30 bits per heavy atom. The Hall–Kier alpha value is -0.830. The molecule has 0 amide bonds. The molecule has 0 spiro atoms. The minimum atomic E-state index is -0.130. The number of rotatable bonds is 0. The van der Waals surface area contributed by atoms with Gasteiger partial charge in [-0.3, -0.25) is 4.79 Å². The molecule has 2 aliphatic rings. The zero-order valence-electron chi connectivity index (χ0n) is 5.50. The fourth-order valence-electron chi connectivity index (χ4n) is 1.25. The molecular formula is C7H8O3. The summed E-state index contributed by atoms with van der Waals surface area (Å²) in [5, 5.41) is 0. The highest BCUT2D eigenvalue weighted by Crippen LogP contribution is 2.23. The summed E-state index contributed by atoms with van der Waals surface area (Å²) in [6, 6.07) is 0. The van der Waals surface area contributed by atoms with Crippen molar-refractivity contribution in [2.75, 3.05) is 19.8 Å². The van der Waals surface area contributed by atoms with Gasteiger partial charge in [-0.2, -0.15) is 0 Å². The van der Waals surface area contributed by atoms with E-state index in [1.807, 2.05) is 6.08 Å². The summed E-state index contributed by atoms with van der Waals surface area (Å²) in [4.78, 5) is 10.9. The summed E-state index contributed by atoms with van der Waals surface area (Å²) in [5.41, 5.74) is 1.09. The predicted octanol–water partition coefficient (Wildman–Crippen LogP) is 0.116. The van der Waals surface area contributed by atoms with Crippen molar-refractivity contribution in [2.45, 2.75) is 0 Å². The van der Waals surface area contributed by atoms with E-state index in [-0.39, 0.29) is 11.9 Å². The summed E-state index contributed by atoms with van der Waals surface area (Å²) in [7, 11) is 0. The highest BCUT2D eigenvalue weighted by atomic mass is 16.5. The molecule has 0 aromatic rings. The summed E-state index contributed by atoms with van der Waals surface area (Å²) in [6.45, 7) is 1.54. The lowest BCUT2D eigenvalue weighted by molar-refractivity contribution is -0.147. The number of cyclic esters (lactones) is 1. The minimum Gasteiger partial charge on any atom is -0.461 e. The normalized spacial score (nSPS) is 31.0. The third-order valence-corrected chi connectivity index (χ3v) is 1.86. The molecule has 0 bridgehead atoms. The van der Waals surface area contributed by atoms with Crippen LogP contribution in [-0.4, -0.2) is 25.8 Å². The van der Waals surface area contributed by atoms with Crippen LogP contribution in [0.2, 0.25) is 0 Å². The second-order valence-corrected chi connectivity index (χ2v) is 2.48. The molecule has 2 heterocycles. The summed E-state index contributed by atoms with van der Waals surface area (Å²) >= 11 is 0. The van der Waals surface area contributed by atoms with Crippen LogP contribution in [0.15, 0.2) is 11.6 Å². The molecule has 0 aliphatic carbocycles. The maximum absolute atomic E-state index is 10.9. The zero-order valence-corrected chi connectivity index (χ0v) is 5.50. The quantitative estimate of drug-likeness (QED) is 0.354. The highest BCUT2D eigenvalue weighted by Gasteiger charge is 2.32. The van der Waals surface area contributed by atoms with E-state index in [9.17, 15) is 4.79 Å². The summed E-state index contributed by atoms with van der Waals surface area (Å²) < 4.78 is 9.89. The third kappa shape index (κ3) is 0.743. The van der Waals surface area contributed by atoms with Crippen molar-refractivity contribution in [2.24, 2.45) is 5.92 Å². The van der Waals surface area contributed by atoms with Crippen LogP contribution in [0.5, 0.6) is 0 Å². The van der Waals surface area contributed by atoms with Gasteiger partial charge in [-0.25, -0.2) is 0 Å². The molecule has 2 aliphatic heterocycles. The first-order valence-electron chi connectivity index (χ1n) is 3.31. The molecule has 1 fully saturated rings. The lowest BCUT2D eigenvalue weighted by atomic mass is 10.0. The summed E-state index contributed by atoms with van der Waals surface area (Å²) in [5.74, 6) is -0.219. The van der Waals surface area contributed by atoms with E-state index in [1.54, 1.807) is 0 Å². The van der Waals surface area contributed by atoms with Crippen LogP contribution < -0.4 is 0 Å². The van der Waals surface area contributed by atoms with Gasteiger partial charge < -0.3 is 9.47 Å². The van der Waals surface area contributed by atoms with Crippen molar-refractivity contribution in [3.8, 4) is 0 Å². The van der Waals surface area contributed by atoms with Gasteiger partial charge in [-0.05, 0) is 11.6 Å². The van der Waals surface area contributed by atoms with Gasteiger partial charge in [0.2, 0.25) is 0 Å². The van der Waals surface area contributed by atoms with Crippen molar-refractivity contribution in [1.82, 2.24) is 0 Å². The smallest absolute Gasteiger partial charge is 0.315 e. The molecule has 54 valence electrons. The average molecular weight is 140 g/mol. The number of carbonyl (C=O) groups excluding carboxylic acids is 1. The number of fused-ring (bicyclic) bond motifs is 1. The molecule has 1 atom stereocenters. The number of carbonyl (C=O) groups is 1. The highest BCUT2D eigenvalue weighted by molar-refractivity contribution is 5.77. The lowest BCUT2D eigenvalue weighted by Crippen LogP contribution is -2.23. The Balaban J connectivity index is 2.26. The maximum atomic E-state index is 10.9. The van der Waals surface area contributed by atoms with Gasteiger partial charge in [0.1, 0.15) is 12.5 Å². The van der Waals surface area contributed by atoms with Crippen molar-refractivity contribution in [1.29, 1.82) is 0 Å². The molecule has 0 radical (unpaired) electrons. The van der Waals surface area contributed by atoms with Crippen LogP contribution in [0.3, 0.4) is 0 Å². The molecule has 2 rings (SSSR count). The number of hydrogen-bond donors (Lipinski definition) is 0. The van der Waals surface area contributed by atoms with Gasteiger partial charge in [0.05, 0.1) is 13.2 Å². The SMILES string of the molecule is O=C1OCC=C2COCC12. The first-order chi connectivity index (χ1) is 4.88. The Kier molecular flexibility index (Phi) is 1.24. The lowest BCUT2D eigenvalue weighted by Gasteiger charge is -2.13. The first kappa shape index (κ1) is 5.92. The van der Waals surface area contributed by atoms with Crippen LogP contribution in [0.25, 0.3) is 0 Å². The molecule has 1 unspecified atom stereocenters. The van der Waals surface area contributed by atoms with Gasteiger partial charge in [-0.15, -0.1) is 0 Å². The molecule has 0 aromatic carbocycles. The van der Waals surface area contributed by atoms with E-state index >= 15 is 0 Å². The van der Waals surface area contributed by atoms with E-state index in [2.05, 4.69) is 0 Å². The number of ether oxygens (including phenoxy) is 2. The number of esters is 1. The Morgan fingerprint density at radius 2 is 2.50 bits per heavy atom. The van der Waals surface area contributed by atoms with Gasteiger partial charge in [0, 0.05) is 0 Å². The largest absolute Gasteiger partial charge is 0.461 e. The Labute approximate surface area is 58.6 Å². The number of hydrogen-bond acceptors (Lipinski definition) is 3. The predicted molar refractivity (Wildman–Crippen MR) is 33.4 cm³/mol. The van der Waals surface area contributed by atoms with Crippen LogP contribution in [0.1, 0.15) is 0 Å². The van der Waals surface area contributed by atoms with Crippen molar-refractivity contribution in [3.63, 3.8) is 0 Å². The maximum Gasteiger partial charge on any atom is 0.315 e. The van der Waals surface area contributed by atoms with Crippen molar-refractivity contribution in [3.05, 3.63) is 11.6 Å². The summed E-state index contributed by atoms with van der Waals surface area (Å²) in [6.07, 6.45) is 1.93. The van der Waals surface area contributed by atoms with Crippen LogP contribution in [0.4, 0.5) is 0 Å². The zero-order chi connectivity index (χ0) is 6.97. The van der Waals surface area contributed by atoms with Gasteiger partial charge >= 0.3 is 5.97 Å². The fraction of sp³-hybridized carbons (Fsp3) is 0.571. The van der Waals surface area contributed by atoms with Crippen LogP contribution in [0, 0.1) is 5.92 Å². The minimum absolute atomic E-state index is 0.0891. The molecule has 0 N–H and O–H groups in total. The topological polar surface area (TPSA) is 35.5 Å². The van der Waals surface area contributed by atoms with Gasteiger partial charge in [0.15, 0.2) is 0 Å². The van der Waals surface area contributed by atoms with Crippen LogP contribution in [-0.2, 0) is 14.3 Å². The molecule has 3 heteroatoms. The Bertz CT molecular complexity index is 195. The second-order valence-electron chi connectivity index (χ2n) is 2.48.